The predicted octanol–water partition coefficient (Wildman–Crippen LogP) is 1.43. The first-order valence-corrected chi connectivity index (χ1v) is 8.42. The number of nitrogens with zero attached hydrogens (tertiary/aromatic N) is 2. The van der Waals surface area contributed by atoms with E-state index in [0.29, 0.717) is 22.5 Å². The molecule has 0 atom stereocenters. The van der Waals surface area contributed by atoms with Gasteiger partial charge in [-0.25, -0.2) is 0 Å². The van der Waals surface area contributed by atoms with Crippen LogP contribution in [0.2, 0.25) is 5.32 Å². The fourth-order valence-electron chi connectivity index (χ4n) is 1.78. The standard InChI is InChI=1S/C15H14N2O3Se/c1-3-20-14(18)9-21-15-11(8-16)6-10-4-5-12(19-2)7-13(10)17-15/h4-7H,3,9H2,1-2H3. The van der Waals surface area contributed by atoms with Crippen molar-refractivity contribution >= 4 is 36.4 Å². The molecule has 2 aromatic rings. The molecule has 0 aliphatic rings. The molecule has 0 aliphatic carbocycles. The Morgan fingerprint density at radius 2 is 2.24 bits per heavy atom. The minimum absolute atomic E-state index is 0.228. The van der Waals surface area contributed by atoms with Gasteiger partial charge in [-0.05, 0) is 0 Å². The molecule has 0 spiro atoms. The van der Waals surface area contributed by atoms with Gasteiger partial charge in [0, 0.05) is 0 Å². The number of carbonyl (C=O) groups excluding carboxylic acids is 1. The molecule has 0 bridgehead atoms. The number of carbonyl (C=O) groups is 1. The summed E-state index contributed by atoms with van der Waals surface area (Å²) in [5.74, 6) is 0.456. The third kappa shape index (κ3) is 3.72. The summed E-state index contributed by atoms with van der Waals surface area (Å²) in [7, 11) is 1.59. The van der Waals surface area contributed by atoms with E-state index in [2.05, 4.69) is 11.1 Å². The van der Waals surface area contributed by atoms with E-state index in [0.717, 1.165) is 10.9 Å². The van der Waals surface area contributed by atoms with E-state index in [1.165, 1.54) is 0 Å². The van der Waals surface area contributed by atoms with Gasteiger partial charge in [-0.15, -0.1) is 0 Å². The van der Waals surface area contributed by atoms with Crippen LogP contribution in [0.1, 0.15) is 12.5 Å². The fourth-order valence-corrected chi connectivity index (χ4v) is 3.37. The van der Waals surface area contributed by atoms with Crippen LogP contribution in [0, 0.1) is 11.3 Å². The Kier molecular flexibility index (Phi) is 5.15. The van der Waals surface area contributed by atoms with Crippen molar-refractivity contribution in [2.75, 3.05) is 13.7 Å². The van der Waals surface area contributed by atoms with Crippen LogP contribution >= 0.6 is 0 Å². The molecule has 0 fully saturated rings. The van der Waals surface area contributed by atoms with Gasteiger partial charge in [0.05, 0.1) is 0 Å². The van der Waals surface area contributed by atoms with Crippen LogP contribution in [0.4, 0.5) is 0 Å². The first-order chi connectivity index (χ1) is 10.2. The van der Waals surface area contributed by atoms with Crippen molar-refractivity contribution in [3.8, 4) is 11.8 Å². The number of pyridine rings is 1. The van der Waals surface area contributed by atoms with Crippen molar-refractivity contribution in [2.24, 2.45) is 0 Å². The first-order valence-electron chi connectivity index (χ1n) is 6.35. The number of esters is 1. The molecule has 0 aliphatic heterocycles. The van der Waals surface area contributed by atoms with Crippen molar-refractivity contribution in [1.29, 1.82) is 5.26 Å². The molecule has 21 heavy (non-hydrogen) atoms. The van der Waals surface area contributed by atoms with Crippen molar-refractivity contribution in [3.05, 3.63) is 29.8 Å². The minimum atomic E-state index is -0.256. The molecule has 1 heterocycles. The van der Waals surface area contributed by atoms with E-state index in [-0.39, 0.29) is 26.2 Å². The molecular weight excluding hydrogens is 335 g/mol. The van der Waals surface area contributed by atoms with Crippen LogP contribution < -0.4 is 9.33 Å². The Bertz CT molecular complexity index is 710. The summed E-state index contributed by atoms with van der Waals surface area (Å²) in [4.78, 5) is 15.9. The number of fused-ring (bicyclic) bond motifs is 1. The Morgan fingerprint density at radius 3 is 2.90 bits per heavy atom. The predicted molar refractivity (Wildman–Crippen MR) is 79.8 cm³/mol. The number of ether oxygens (including phenoxy) is 2. The molecule has 0 N–H and O–H groups in total. The Morgan fingerprint density at radius 1 is 1.43 bits per heavy atom. The van der Waals surface area contributed by atoms with Crippen molar-refractivity contribution in [3.63, 3.8) is 0 Å². The average Bonchev–Trinajstić information content (AvgIpc) is 2.51. The van der Waals surface area contributed by atoms with Gasteiger partial charge in [0.1, 0.15) is 0 Å². The average molecular weight is 349 g/mol. The van der Waals surface area contributed by atoms with Crippen LogP contribution in [-0.4, -0.2) is 39.6 Å². The molecular formula is C15H14N2O3Se. The van der Waals surface area contributed by atoms with Gasteiger partial charge in [0.15, 0.2) is 0 Å². The second kappa shape index (κ2) is 7.07. The summed E-state index contributed by atoms with van der Waals surface area (Å²) in [5, 5.41) is 10.4. The molecule has 6 heteroatoms. The molecule has 108 valence electrons. The monoisotopic (exact) mass is 350 g/mol. The van der Waals surface area contributed by atoms with Crippen LogP contribution in [0.25, 0.3) is 10.9 Å². The maximum atomic E-state index is 11.4. The summed E-state index contributed by atoms with van der Waals surface area (Å²) in [6.45, 7) is 2.13. The van der Waals surface area contributed by atoms with E-state index < -0.39 is 0 Å². The Balaban J connectivity index is 2.32. The number of benzene rings is 1. The van der Waals surface area contributed by atoms with Crippen molar-refractivity contribution in [2.45, 2.75) is 12.2 Å². The molecule has 0 unspecified atom stereocenters. The molecule has 0 saturated heterocycles. The van der Waals surface area contributed by atoms with E-state index in [4.69, 9.17) is 9.47 Å². The summed E-state index contributed by atoms with van der Waals surface area (Å²) < 4.78 is 10.7. The molecule has 1 aromatic heterocycles. The summed E-state index contributed by atoms with van der Waals surface area (Å²) in [5.41, 5.74) is 1.27. The van der Waals surface area contributed by atoms with Crippen LogP contribution in [0.15, 0.2) is 24.3 Å². The van der Waals surface area contributed by atoms with Gasteiger partial charge in [-0.3, -0.25) is 0 Å². The third-order valence-corrected chi connectivity index (χ3v) is 4.77. The Hall–Kier alpha value is -2.09. The maximum absolute atomic E-state index is 11.4. The van der Waals surface area contributed by atoms with Crippen molar-refractivity contribution in [1.82, 2.24) is 4.98 Å². The van der Waals surface area contributed by atoms with Gasteiger partial charge >= 0.3 is 129 Å². The van der Waals surface area contributed by atoms with E-state index >= 15 is 0 Å². The Labute approximate surface area is 129 Å². The van der Waals surface area contributed by atoms with Gasteiger partial charge < -0.3 is 0 Å². The van der Waals surface area contributed by atoms with E-state index in [1.54, 1.807) is 20.1 Å². The van der Waals surface area contributed by atoms with Gasteiger partial charge in [-0.2, -0.15) is 0 Å². The van der Waals surface area contributed by atoms with Gasteiger partial charge in [0.25, 0.3) is 0 Å². The van der Waals surface area contributed by atoms with Crippen LogP contribution in [0.5, 0.6) is 5.75 Å². The van der Waals surface area contributed by atoms with Crippen molar-refractivity contribution < 1.29 is 14.3 Å². The zero-order valence-electron chi connectivity index (χ0n) is 11.8. The zero-order valence-corrected chi connectivity index (χ0v) is 13.5. The molecule has 2 rings (SSSR count). The van der Waals surface area contributed by atoms with Gasteiger partial charge in [-0.1, -0.05) is 0 Å². The summed E-state index contributed by atoms with van der Waals surface area (Å²) >= 11 is -0.228. The van der Waals surface area contributed by atoms with E-state index in [9.17, 15) is 10.1 Å². The van der Waals surface area contributed by atoms with Gasteiger partial charge in [0.2, 0.25) is 0 Å². The number of nitriles is 1. The summed E-state index contributed by atoms with van der Waals surface area (Å²) in [6.07, 6.45) is 0. The molecule has 0 saturated carbocycles. The number of methoxy groups -OCH3 is 1. The normalized spacial score (nSPS) is 10.1. The summed E-state index contributed by atoms with van der Waals surface area (Å²) in [6, 6.07) is 9.45. The topological polar surface area (TPSA) is 72.2 Å². The number of rotatable bonds is 5. The zero-order chi connectivity index (χ0) is 15.2. The molecule has 0 amide bonds. The number of hydrogen-bond acceptors (Lipinski definition) is 5. The third-order valence-electron chi connectivity index (χ3n) is 2.74. The number of hydrogen-bond donors (Lipinski definition) is 0. The quantitative estimate of drug-likeness (QED) is 0.603. The first kappa shape index (κ1) is 15.3. The fraction of sp³-hybridized carbons (Fsp3) is 0.267. The number of aromatic nitrogens is 1. The molecule has 1 aromatic carbocycles. The van der Waals surface area contributed by atoms with E-state index in [1.807, 2.05) is 18.2 Å². The SMILES string of the molecule is CCOC(=O)C[Se]c1nc2cc(OC)ccc2cc1C#N. The molecule has 0 radical (unpaired) electrons. The second-order valence-electron chi connectivity index (χ2n) is 4.11. The molecule has 5 nitrogen and oxygen atoms in total. The second-order valence-corrected chi connectivity index (χ2v) is 6.13. The van der Waals surface area contributed by atoms with Crippen LogP contribution in [0.3, 0.4) is 0 Å². The van der Waals surface area contributed by atoms with Crippen LogP contribution in [-0.2, 0) is 9.53 Å².